The van der Waals surface area contributed by atoms with Crippen LogP contribution in [0.5, 0.6) is 0 Å². The van der Waals surface area contributed by atoms with Crippen LogP contribution < -0.4 is 0 Å². The Hall–Kier alpha value is -1.44. The largest absolute Gasteiger partial charge is 0.422 e. The average Bonchev–Trinajstić information content (AvgIpc) is 2.39. The Bertz CT molecular complexity index is 278. The summed E-state index contributed by atoms with van der Waals surface area (Å²) in [6, 6.07) is 0.497. The highest BCUT2D eigenvalue weighted by Gasteiger charge is 2.21. The van der Waals surface area contributed by atoms with Crippen molar-refractivity contribution in [3.63, 3.8) is 0 Å². The fraction of sp³-hybridized carbons (Fsp3) is 0.455. The van der Waals surface area contributed by atoms with Crippen LogP contribution in [0, 0.1) is 0 Å². The van der Waals surface area contributed by atoms with Crippen LogP contribution in [-0.4, -0.2) is 41.7 Å². The van der Waals surface area contributed by atoms with Gasteiger partial charge >= 0.3 is 21.2 Å². The molecular weight excluding hydrogens is 256 g/mol. The lowest BCUT2D eigenvalue weighted by atomic mass is 10.4. The molecule has 0 aliphatic heterocycles. The third-order valence-electron chi connectivity index (χ3n) is 1.87. The molecule has 0 saturated heterocycles. The second kappa shape index (κ2) is 9.57. The number of esters is 2. The van der Waals surface area contributed by atoms with Gasteiger partial charge in [0, 0.05) is 32.8 Å². The van der Waals surface area contributed by atoms with E-state index in [1.807, 2.05) is 0 Å². The van der Waals surface area contributed by atoms with E-state index in [4.69, 9.17) is 18.3 Å². The minimum absolute atomic E-state index is 0.287. The van der Waals surface area contributed by atoms with E-state index in [-0.39, 0.29) is 6.42 Å². The first kappa shape index (κ1) is 16.6. The van der Waals surface area contributed by atoms with Crippen LogP contribution in [0.15, 0.2) is 25.3 Å². The van der Waals surface area contributed by atoms with Crippen molar-refractivity contribution in [3.05, 3.63) is 25.3 Å². The van der Waals surface area contributed by atoms with E-state index in [1.165, 1.54) is 14.2 Å². The van der Waals surface area contributed by atoms with Crippen molar-refractivity contribution in [1.82, 2.24) is 0 Å². The molecule has 0 spiro atoms. The summed E-state index contributed by atoms with van der Waals surface area (Å²) in [6.45, 7) is 6.52. The van der Waals surface area contributed by atoms with Gasteiger partial charge in [-0.1, -0.05) is 13.2 Å². The Labute approximate surface area is 108 Å². The fourth-order valence-electron chi connectivity index (χ4n) is 1.02. The van der Waals surface area contributed by atoms with Gasteiger partial charge in [0.15, 0.2) is 0 Å². The van der Waals surface area contributed by atoms with Gasteiger partial charge in [-0.3, -0.25) is 0 Å². The third kappa shape index (κ3) is 7.00. The summed E-state index contributed by atoms with van der Waals surface area (Å²) in [5, 5.41) is 0. The molecule has 0 atom stereocenters. The van der Waals surface area contributed by atoms with Crippen LogP contribution in [0.3, 0.4) is 0 Å². The van der Waals surface area contributed by atoms with Gasteiger partial charge in [-0.2, -0.15) is 0 Å². The smallest absolute Gasteiger partial charge is 0.384 e. The van der Waals surface area contributed by atoms with E-state index in [1.54, 1.807) is 0 Å². The predicted molar refractivity (Wildman–Crippen MR) is 65.6 cm³/mol. The van der Waals surface area contributed by atoms with Crippen LogP contribution in [0.25, 0.3) is 0 Å². The van der Waals surface area contributed by atoms with Crippen molar-refractivity contribution in [2.75, 3.05) is 14.2 Å². The lowest BCUT2D eigenvalue weighted by molar-refractivity contribution is -0.181. The zero-order valence-electron chi connectivity index (χ0n) is 10.5. The highest BCUT2D eigenvalue weighted by Crippen LogP contribution is 2.10. The minimum atomic E-state index is -1.44. The molecule has 18 heavy (non-hydrogen) atoms. The molecule has 0 bridgehead atoms. The van der Waals surface area contributed by atoms with Gasteiger partial charge in [0.05, 0.1) is 0 Å². The van der Waals surface area contributed by atoms with Crippen LogP contribution in [0.1, 0.15) is 6.42 Å². The van der Waals surface area contributed by atoms with E-state index in [0.717, 1.165) is 12.2 Å². The maximum absolute atomic E-state index is 11.1. The van der Waals surface area contributed by atoms with Crippen molar-refractivity contribution in [2.24, 2.45) is 0 Å². The molecule has 0 fully saturated rings. The van der Waals surface area contributed by atoms with Crippen molar-refractivity contribution in [1.29, 1.82) is 0 Å². The van der Waals surface area contributed by atoms with Gasteiger partial charge < -0.3 is 18.3 Å². The average molecular weight is 273 g/mol. The van der Waals surface area contributed by atoms with Crippen LogP contribution >= 0.6 is 0 Å². The van der Waals surface area contributed by atoms with Gasteiger partial charge in [0.2, 0.25) is 6.29 Å². The molecule has 0 unspecified atom stereocenters. The number of rotatable bonds is 9. The lowest BCUT2D eigenvalue weighted by Crippen LogP contribution is -2.27. The summed E-state index contributed by atoms with van der Waals surface area (Å²) in [4.78, 5) is 22.1. The second-order valence-corrected chi connectivity index (χ2v) is 5.09. The Balaban J connectivity index is 4.36. The predicted octanol–water partition coefficient (Wildman–Crippen LogP) is 0.942. The lowest BCUT2D eigenvalue weighted by Gasteiger charge is -2.17. The standard InChI is InChI=1S/C11H17O6Si/c1-5-9(12)16-11(17-10(13)6-2)7-8-18(14-3)15-4/h5-6,11H,1-2,7-8H2,3-4H3. The number of hydrogen-bond donors (Lipinski definition) is 0. The van der Waals surface area contributed by atoms with Crippen molar-refractivity contribution in [2.45, 2.75) is 18.8 Å². The molecule has 0 aliphatic carbocycles. The zero-order chi connectivity index (χ0) is 14.0. The van der Waals surface area contributed by atoms with Gasteiger partial charge in [0.1, 0.15) is 0 Å². The van der Waals surface area contributed by atoms with Crippen LogP contribution in [0.4, 0.5) is 0 Å². The molecule has 0 amide bonds. The minimum Gasteiger partial charge on any atom is -0.422 e. The topological polar surface area (TPSA) is 71.1 Å². The molecule has 0 saturated carbocycles. The maximum Gasteiger partial charge on any atom is 0.384 e. The molecule has 0 aromatic heterocycles. The number of carbonyl (C=O) groups excluding carboxylic acids is 2. The summed E-state index contributed by atoms with van der Waals surface area (Å²) >= 11 is 0. The van der Waals surface area contributed by atoms with E-state index < -0.39 is 27.5 Å². The molecule has 6 nitrogen and oxygen atoms in total. The van der Waals surface area contributed by atoms with E-state index in [9.17, 15) is 9.59 Å². The summed E-state index contributed by atoms with van der Waals surface area (Å²) in [6.07, 6.45) is 1.28. The molecule has 101 valence electrons. The van der Waals surface area contributed by atoms with Crippen LogP contribution in [-0.2, 0) is 27.9 Å². The molecule has 0 heterocycles. The fourth-order valence-corrected chi connectivity index (χ4v) is 2.07. The monoisotopic (exact) mass is 273 g/mol. The van der Waals surface area contributed by atoms with Crippen molar-refractivity contribution in [3.8, 4) is 0 Å². The summed E-state index contributed by atoms with van der Waals surface area (Å²) in [5.41, 5.74) is 0. The van der Waals surface area contributed by atoms with Gasteiger partial charge in [-0.25, -0.2) is 9.59 Å². The van der Waals surface area contributed by atoms with E-state index in [2.05, 4.69) is 13.2 Å². The van der Waals surface area contributed by atoms with Gasteiger partial charge in [-0.05, 0) is 6.04 Å². The van der Waals surface area contributed by atoms with Gasteiger partial charge in [-0.15, -0.1) is 0 Å². The Kier molecular flexibility index (Phi) is 8.81. The SMILES string of the molecule is C=CC(=O)OC(CC[Si](OC)OC)OC(=O)C=C. The number of hydrogen-bond acceptors (Lipinski definition) is 6. The zero-order valence-corrected chi connectivity index (χ0v) is 11.5. The third-order valence-corrected chi connectivity index (χ3v) is 3.48. The Morgan fingerprint density at radius 2 is 1.56 bits per heavy atom. The molecule has 0 rings (SSSR count). The quantitative estimate of drug-likeness (QED) is 0.269. The Morgan fingerprint density at radius 3 is 1.89 bits per heavy atom. The molecule has 0 N–H and O–H groups in total. The first-order valence-electron chi connectivity index (χ1n) is 5.17. The van der Waals surface area contributed by atoms with Crippen LogP contribution in [0.2, 0.25) is 6.04 Å². The maximum atomic E-state index is 11.1. The summed E-state index contributed by atoms with van der Waals surface area (Å²) in [7, 11) is 1.62. The van der Waals surface area contributed by atoms with Gasteiger partial charge in [0.25, 0.3) is 0 Å². The first-order valence-corrected chi connectivity index (χ1v) is 6.69. The molecule has 1 radical (unpaired) electrons. The molecule has 0 aliphatic rings. The van der Waals surface area contributed by atoms with Crippen molar-refractivity contribution >= 4 is 21.2 Å². The molecular formula is C11H17O6Si. The Morgan fingerprint density at radius 1 is 1.11 bits per heavy atom. The highest BCUT2D eigenvalue weighted by atomic mass is 28.3. The first-order chi connectivity index (χ1) is 8.57. The van der Waals surface area contributed by atoms with E-state index >= 15 is 0 Å². The van der Waals surface area contributed by atoms with E-state index in [0.29, 0.717) is 6.04 Å². The molecule has 0 aromatic carbocycles. The van der Waals surface area contributed by atoms with Crippen molar-refractivity contribution < 1.29 is 27.9 Å². The highest BCUT2D eigenvalue weighted by molar-refractivity contribution is 6.44. The summed E-state index contributed by atoms with van der Waals surface area (Å²) < 4.78 is 19.9. The molecule has 0 aromatic rings. The number of ether oxygens (including phenoxy) is 2. The second-order valence-electron chi connectivity index (χ2n) is 3.03. The molecule has 7 heteroatoms. The summed E-state index contributed by atoms with van der Waals surface area (Å²) in [5.74, 6) is -1.33. The number of carbonyl (C=O) groups is 2. The normalized spacial score (nSPS) is 10.2.